The van der Waals surface area contributed by atoms with Crippen molar-refractivity contribution in [2.24, 2.45) is 5.73 Å². The zero-order valence-electron chi connectivity index (χ0n) is 10.9. The van der Waals surface area contributed by atoms with Crippen molar-refractivity contribution in [3.63, 3.8) is 0 Å². The molecule has 0 aliphatic carbocycles. The maximum atomic E-state index is 11.8. The van der Waals surface area contributed by atoms with Gasteiger partial charge in [0.05, 0.1) is 10.5 Å². The molecule has 3 N–H and O–H groups in total. The number of halogens is 1. The van der Waals surface area contributed by atoms with E-state index in [0.717, 1.165) is 5.56 Å². The number of ether oxygens (including phenoxy) is 1. The standard InChI is InChI=1S/C14H12ClN3O2S/c15-9-5-8(6-16)1-2-11(9)20-7-12-17-10-3-4-21-13(10)14(19)18-12/h1-5H,6-7,16H2,(H,17,18,19). The third kappa shape index (κ3) is 2.92. The molecule has 1 aromatic carbocycles. The molecule has 0 aliphatic rings. The Kier molecular flexibility index (Phi) is 3.92. The van der Waals surface area contributed by atoms with Gasteiger partial charge in [-0.3, -0.25) is 4.79 Å². The van der Waals surface area contributed by atoms with Crippen LogP contribution in [0.25, 0.3) is 10.2 Å². The summed E-state index contributed by atoms with van der Waals surface area (Å²) in [7, 11) is 0. The first-order chi connectivity index (χ1) is 10.2. The van der Waals surface area contributed by atoms with E-state index in [1.807, 2.05) is 17.5 Å². The molecule has 0 amide bonds. The minimum absolute atomic E-state index is 0.142. The van der Waals surface area contributed by atoms with E-state index in [1.54, 1.807) is 12.1 Å². The molecule has 3 aromatic rings. The predicted molar refractivity (Wildman–Crippen MR) is 83.9 cm³/mol. The third-order valence-electron chi connectivity index (χ3n) is 2.96. The average molecular weight is 322 g/mol. The number of aromatic nitrogens is 2. The van der Waals surface area contributed by atoms with E-state index in [-0.39, 0.29) is 12.2 Å². The van der Waals surface area contributed by atoms with Crippen LogP contribution in [0.3, 0.4) is 0 Å². The Hall–Kier alpha value is -1.89. The molecule has 0 atom stereocenters. The minimum atomic E-state index is -0.154. The lowest BCUT2D eigenvalue weighted by Crippen LogP contribution is -2.12. The summed E-state index contributed by atoms with van der Waals surface area (Å²) in [5, 5.41) is 2.32. The second-order valence-corrected chi connectivity index (χ2v) is 5.73. The highest BCUT2D eigenvalue weighted by atomic mass is 35.5. The highest BCUT2D eigenvalue weighted by Crippen LogP contribution is 2.26. The van der Waals surface area contributed by atoms with Crippen LogP contribution in [0.15, 0.2) is 34.4 Å². The number of fused-ring (bicyclic) bond motifs is 1. The second-order valence-electron chi connectivity index (χ2n) is 4.41. The molecule has 2 aromatic heterocycles. The van der Waals surface area contributed by atoms with Crippen molar-refractivity contribution in [2.75, 3.05) is 0 Å². The Labute approximate surface area is 129 Å². The number of rotatable bonds is 4. The van der Waals surface area contributed by atoms with Crippen LogP contribution in [0, 0.1) is 0 Å². The van der Waals surface area contributed by atoms with Crippen LogP contribution in [0.5, 0.6) is 5.75 Å². The molecule has 0 fully saturated rings. The van der Waals surface area contributed by atoms with Crippen LogP contribution in [-0.2, 0) is 13.2 Å². The van der Waals surface area contributed by atoms with Gasteiger partial charge in [0.15, 0.2) is 0 Å². The van der Waals surface area contributed by atoms with Crippen molar-refractivity contribution in [2.45, 2.75) is 13.2 Å². The summed E-state index contributed by atoms with van der Waals surface area (Å²) in [5.74, 6) is 0.992. The molecular weight excluding hydrogens is 310 g/mol. The fraction of sp³-hybridized carbons (Fsp3) is 0.143. The predicted octanol–water partition coefficient (Wildman–Crippen LogP) is 2.68. The summed E-state index contributed by atoms with van der Waals surface area (Å²) < 4.78 is 6.22. The number of hydrogen-bond donors (Lipinski definition) is 2. The highest BCUT2D eigenvalue weighted by molar-refractivity contribution is 7.17. The molecule has 0 radical (unpaired) electrons. The Balaban J connectivity index is 1.81. The quantitative estimate of drug-likeness (QED) is 0.774. The molecule has 0 unspecified atom stereocenters. The lowest BCUT2D eigenvalue weighted by atomic mass is 10.2. The van der Waals surface area contributed by atoms with Gasteiger partial charge in [-0.15, -0.1) is 11.3 Å². The molecule has 0 saturated heterocycles. The molecule has 7 heteroatoms. The van der Waals surface area contributed by atoms with E-state index in [9.17, 15) is 4.79 Å². The number of aromatic amines is 1. The fourth-order valence-electron chi connectivity index (χ4n) is 1.92. The van der Waals surface area contributed by atoms with Gasteiger partial charge in [0, 0.05) is 6.54 Å². The zero-order chi connectivity index (χ0) is 14.8. The van der Waals surface area contributed by atoms with Crippen LogP contribution in [-0.4, -0.2) is 9.97 Å². The van der Waals surface area contributed by atoms with Crippen LogP contribution in [0.1, 0.15) is 11.4 Å². The largest absolute Gasteiger partial charge is 0.484 e. The van der Waals surface area contributed by atoms with Gasteiger partial charge in [0.25, 0.3) is 5.56 Å². The maximum Gasteiger partial charge on any atom is 0.268 e. The van der Waals surface area contributed by atoms with E-state index < -0.39 is 0 Å². The smallest absolute Gasteiger partial charge is 0.268 e. The zero-order valence-corrected chi connectivity index (χ0v) is 12.5. The van der Waals surface area contributed by atoms with Crippen LogP contribution >= 0.6 is 22.9 Å². The Morgan fingerprint density at radius 1 is 1.38 bits per heavy atom. The molecule has 3 rings (SSSR count). The van der Waals surface area contributed by atoms with E-state index in [1.165, 1.54) is 11.3 Å². The summed E-state index contributed by atoms with van der Waals surface area (Å²) in [6.45, 7) is 0.562. The number of nitrogens with one attached hydrogen (secondary N) is 1. The van der Waals surface area contributed by atoms with E-state index in [4.69, 9.17) is 22.1 Å². The number of nitrogens with two attached hydrogens (primary N) is 1. The monoisotopic (exact) mass is 321 g/mol. The van der Waals surface area contributed by atoms with E-state index in [2.05, 4.69) is 9.97 Å². The van der Waals surface area contributed by atoms with Crippen LogP contribution in [0.2, 0.25) is 5.02 Å². The third-order valence-corrected chi connectivity index (χ3v) is 4.16. The topological polar surface area (TPSA) is 81.0 Å². The summed E-state index contributed by atoms with van der Waals surface area (Å²) in [5.41, 5.74) is 6.99. The van der Waals surface area contributed by atoms with Crippen molar-refractivity contribution >= 4 is 33.2 Å². The summed E-state index contributed by atoms with van der Waals surface area (Å²) >= 11 is 7.48. The molecule has 0 spiro atoms. The van der Waals surface area contributed by atoms with Crippen molar-refractivity contribution in [1.82, 2.24) is 9.97 Å². The Morgan fingerprint density at radius 2 is 2.24 bits per heavy atom. The molecule has 0 aliphatic heterocycles. The number of thiophene rings is 1. The van der Waals surface area contributed by atoms with Gasteiger partial charge in [-0.2, -0.15) is 0 Å². The van der Waals surface area contributed by atoms with E-state index in [0.29, 0.717) is 33.4 Å². The number of nitrogens with zero attached hydrogens (tertiary/aromatic N) is 1. The highest BCUT2D eigenvalue weighted by Gasteiger charge is 2.07. The lowest BCUT2D eigenvalue weighted by Gasteiger charge is -2.08. The van der Waals surface area contributed by atoms with Gasteiger partial charge >= 0.3 is 0 Å². The van der Waals surface area contributed by atoms with E-state index >= 15 is 0 Å². The van der Waals surface area contributed by atoms with Crippen molar-refractivity contribution in [3.8, 4) is 5.75 Å². The van der Waals surface area contributed by atoms with Gasteiger partial charge in [0.2, 0.25) is 0 Å². The number of benzene rings is 1. The average Bonchev–Trinajstić information content (AvgIpc) is 2.95. The Bertz CT molecular complexity index is 844. The first kappa shape index (κ1) is 14.1. The minimum Gasteiger partial charge on any atom is -0.484 e. The van der Waals surface area contributed by atoms with Crippen molar-refractivity contribution in [1.29, 1.82) is 0 Å². The molecule has 0 saturated carbocycles. The van der Waals surface area contributed by atoms with Crippen molar-refractivity contribution in [3.05, 3.63) is 56.4 Å². The van der Waals surface area contributed by atoms with Gasteiger partial charge in [-0.1, -0.05) is 17.7 Å². The summed E-state index contributed by atoms with van der Waals surface area (Å²) in [4.78, 5) is 18.9. The second kappa shape index (κ2) is 5.85. The van der Waals surface area contributed by atoms with Crippen LogP contribution < -0.4 is 16.0 Å². The lowest BCUT2D eigenvalue weighted by molar-refractivity contribution is 0.296. The van der Waals surface area contributed by atoms with Gasteiger partial charge < -0.3 is 15.5 Å². The fourth-order valence-corrected chi connectivity index (χ4v) is 2.91. The maximum absolute atomic E-state index is 11.8. The summed E-state index contributed by atoms with van der Waals surface area (Å²) in [6.07, 6.45) is 0. The number of H-pyrrole nitrogens is 1. The SMILES string of the molecule is NCc1ccc(OCc2nc3ccsc3c(=O)[nH]2)c(Cl)c1. The Morgan fingerprint density at radius 3 is 3.00 bits per heavy atom. The van der Waals surface area contributed by atoms with Gasteiger partial charge in [0.1, 0.15) is 22.9 Å². The summed E-state index contributed by atoms with van der Waals surface area (Å²) in [6, 6.07) is 7.17. The molecule has 0 bridgehead atoms. The normalized spacial score (nSPS) is 11.0. The first-order valence-electron chi connectivity index (χ1n) is 6.25. The molecule has 108 valence electrons. The molecule has 2 heterocycles. The van der Waals surface area contributed by atoms with Crippen LogP contribution in [0.4, 0.5) is 0 Å². The van der Waals surface area contributed by atoms with Crippen molar-refractivity contribution < 1.29 is 4.74 Å². The molecular formula is C14H12ClN3O2S. The molecule has 5 nitrogen and oxygen atoms in total. The molecule has 21 heavy (non-hydrogen) atoms. The van der Waals surface area contributed by atoms with Gasteiger partial charge in [-0.25, -0.2) is 4.98 Å². The van der Waals surface area contributed by atoms with Gasteiger partial charge in [-0.05, 0) is 29.1 Å². The number of hydrogen-bond acceptors (Lipinski definition) is 5. The first-order valence-corrected chi connectivity index (χ1v) is 7.51.